The lowest BCUT2D eigenvalue weighted by atomic mass is 9.85. The number of carbonyl (C=O) groups is 1. The van der Waals surface area contributed by atoms with E-state index in [1.807, 2.05) is 11.9 Å². The van der Waals surface area contributed by atoms with Gasteiger partial charge in [-0.05, 0) is 26.3 Å². The largest absolute Gasteiger partial charge is 0.341 e. The van der Waals surface area contributed by atoms with Crippen LogP contribution >= 0.6 is 0 Å². The molecule has 1 N–H and O–H groups in total. The minimum Gasteiger partial charge on any atom is -0.341 e. The zero-order valence-corrected chi connectivity index (χ0v) is 7.05. The maximum absolute atomic E-state index is 11.6. The lowest BCUT2D eigenvalue weighted by Crippen LogP contribution is -2.61. The van der Waals surface area contributed by atoms with Crippen LogP contribution in [0.3, 0.4) is 0 Å². The summed E-state index contributed by atoms with van der Waals surface area (Å²) in [5, 5.41) is 3.24. The Morgan fingerprint density at radius 3 is 2.55 bits per heavy atom. The number of likely N-dealkylation sites (N-methyl/N-ethyl adjacent to an activating group) is 1. The fourth-order valence-electron chi connectivity index (χ4n) is 2.05. The van der Waals surface area contributed by atoms with Crippen LogP contribution < -0.4 is 5.32 Å². The molecule has 62 valence electrons. The fraction of sp³-hybridized carbons (Fsp3) is 0.875. The molecule has 3 heteroatoms. The van der Waals surface area contributed by atoms with Crippen LogP contribution in [0.15, 0.2) is 0 Å². The molecular weight excluding hydrogens is 140 g/mol. The molecule has 0 aliphatic carbocycles. The Hall–Kier alpha value is -0.570. The molecule has 0 aromatic rings. The van der Waals surface area contributed by atoms with E-state index in [0.717, 1.165) is 19.4 Å². The van der Waals surface area contributed by atoms with Crippen molar-refractivity contribution in [1.82, 2.24) is 10.2 Å². The van der Waals surface area contributed by atoms with Gasteiger partial charge in [0.25, 0.3) is 0 Å². The molecule has 3 nitrogen and oxygen atoms in total. The Labute approximate surface area is 66.8 Å². The van der Waals surface area contributed by atoms with Crippen molar-refractivity contribution in [2.45, 2.75) is 31.3 Å². The molecule has 2 aliphatic rings. The lowest BCUT2D eigenvalue weighted by molar-refractivity contribution is -0.135. The summed E-state index contributed by atoms with van der Waals surface area (Å²) in [6, 6.07) is 0.412. The molecule has 1 spiro atoms. The van der Waals surface area contributed by atoms with Gasteiger partial charge in [0.1, 0.15) is 5.54 Å². The van der Waals surface area contributed by atoms with Gasteiger partial charge >= 0.3 is 0 Å². The van der Waals surface area contributed by atoms with E-state index in [9.17, 15) is 4.79 Å². The lowest BCUT2D eigenvalue weighted by Gasteiger charge is -2.37. The summed E-state index contributed by atoms with van der Waals surface area (Å²) in [4.78, 5) is 13.4. The van der Waals surface area contributed by atoms with Crippen LogP contribution in [0.25, 0.3) is 0 Å². The number of nitrogens with zero attached hydrogens (tertiary/aromatic N) is 1. The molecular formula is C8H14N2O. The van der Waals surface area contributed by atoms with Crippen molar-refractivity contribution in [3.63, 3.8) is 0 Å². The van der Waals surface area contributed by atoms with Crippen molar-refractivity contribution in [3.8, 4) is 0 Å². The van der Waals surface area contributed by atoms with Crippen LogP contribution in [0.4, 0.5) is 0 Å². The third kappa shape index (κ3) is 0.745. The van der Waals surface area contributed by atoms with Crippen LogP contribution in [0.5, 0.6) is 0 Å². The van der Waals surface area contributed by atoms with Crippen molar-refractivity contribution < 1.29 is 4.79 Å². The number of nitrogens with one attached hydrogen (secondary N) is 1. The van der Waals surface area contributed by atoms with Crippen molar-refractivity contribution >= 4 is 5.91 Å². The first-order valence-corrected chi connectivity index (χ1v) is 4.18. The Kier molecular flexibility index (Phi) is 1.27. The average molecular weight is 154 g/mol. The molecule has 2 saturated heterocycles. The van der Waals surface area contributed by atoms with Gasteiger partial charge < -0.3 is 10.2 Å². The van der Waals surface area contributed by atoms with E-state index in [4.69, 9.17) is 0 Å². The normalized spacial score (nSPS) is 43.3. The molecule has 1 amide bonds. The second kappa shape index (κ2) is 1.97. The maximum Gasteiger partial charge on any atom is 0.242 e. The van der Waals surface area contributed by atoms with Gasteiger partial charge in [0.2, 0.25) is 5.91 Å². The molecule has 0 bridgehead atoms. The van der Waals surface area contributed by atoms with Gasteiger partial charge in [0, 0.05) is 13.1 Å². The molecule has 0 aromatic heterocycles. The summed E-state index contributed by atoms with van der Waals surface area (Å²) in [5.74, 6) is 0.288. The molecule has 2 heterocycles. The van der Waals surface area contributed by atoms with Crippen LogP contribution in [0.2, 0.25) is 0 Å². The maximum atomic E-state index is 11.6. The highest BCUT2D eigenvalue weighted by Gasteiger charge is 2.52. The van der Waals surface area contributed by atoms with E-state index < -0.39 is 0 Å². The molecule has 2 rings (SSSR count). The van der Waals surface area contributed by atoms with Gasteiger partial charge in [-0.2, -0.15) is 0 Å². The molecule has 2 aliphatic heterocycles. The van der Waals surface area contributed by atoms with Gasteiger partial charge in [-0.1, -0.05) is 0 Å². The van der Waals surface area contributed by atoms with Gasteiger partial charge in [0.15, 0.2) is 0 Å². The molecule has 2 atom stereocenters. The predicted octanol–water partition coefficient (Wildman–Crippen LogP) is -0.0309. The Morgan fingerprint density at radius 2 is 2.36 bits per heavy atom. The average Bonchev–Trinajstić information content (AvgIpc) is 2.12. The van der Waals surface area contributed by atoms with E-state index >= 15 is 0 Å². The molecule has 0 aromatic carbocycles. The highest BCUT2D eigenvalue weighted by molar-refractivity contribution is 5.89. The number of likely N-dealkylation sites (tertiary alicyclic amines) is 1. The molecule has 2 fully saturated rings. The van der Waals surface area contributed by atoms with Crippen molar-refractivity contribution in [3.05, 3.63) is 0 Å². The summed E-state index contributed by atoms with van der Waals surface area (Å²) < 4.78 is 0. The number of hydrogen-bond donors (Lipinski definition) is 1. The number of amides is 1. The van der Waals surface area contributed by atoms with Gasteiger partial charge in [0.05, 0.1) is 0 Å². The minimum absolute atomic E-state index is 0.145. The first-order valence-electron chi connectivity index (χ1n) is 4.18. The number of hydrogen-bond acceptors (Lipinski definition) is 2. The second-order valence-corrected chi connectivity index (χ2v) is 3.73. The Bertz CT molecular complexity index is 198. The quantitative estimate of drug-likeness (QED) is 0.531. The highest BCUT2D eigenvalue weighted by atomic mass is 16.2. The first kappa shape index (κ1) is 7.10. The van der Waals surface area contributed by atoms with E-state index in [1.165, 1.54) is 0 Å². The van der Waals surface area contributed by atoms with Crippen molar-refractivity contribution in [2.24, 2.45) is 0 Å². The Morgan fingerprint density at radius 1 is 1.73 bits per heavy atom. The highest BCUT2D eigenvalue weighted by Crippen LogP contribution is 2.34. The monoisotopic (exact) mass is 154 g/mol. The van der Waals surface area contributed by atoms with Gasteiger partial charge in [-0.3, -0.25) is 4.79 Å². The molecule has 0 saturated carbocycles. The topological polar surface area (TPSA) is 32.3 Å². The summed E-state index contributed by atoms with van der Waals surface area (Å²) >= 11 is 0. The first-order chi connectivity index (χ1) is 5.16. The van der Waals surface area contributed by atoms with E-state index in [2.05, 4.69) is 12.2 Å². The third-order valence-electron chi connectivity index (χ3n) is 3.05. The minimum atomic E-state index is -0.145. The number of carbonyl (C=O) groups excluding carboxylic acids is 1. The SMILES string of the molecule is CC1CC2(CCN2)C(=O)N1C. The smallest absolute Gasteiger partial charge is 0.242 e. The zero-order chi connectivity index (χ0) is 8.06. The molecule has 2 unspecified atom stereocenters. The van der Waals surface area contributed by atoms with Gasteiger partial charge in [-0.15, -0.1) is 0 Å². The van der Waals surface area contributed by atoms with Crippen molar-refractivity contribution in [2.75, 3.05) is 13.6 Å². The second-order valence-electron chi connectivity index (χ2n) is 3.73. The van der Waals surface area contributed by atoms with Gasteiger partial charge in [-0.25, -0.2) is 0 Å². The van der Waals surface area contributed by atoms with Crippen LogP contribution in [-0.2, 0) is 4.79 Å². The van der Waals surface area contributed by atoms with Crippen LogP contribution in [0.1, 0.15) is 19.8 Å². The van der Waals surface area contributed by atoms with Crippen LogP contribution in [0, 0.1) is 0 Å². The van der Waals surface area contributed by atoms with Crippen molar-refractivity contribution in [1.29, 1.82) is 0 Å². The van der Waals surface area contributed by atoms with E-state index in [1.54, 1.807) is 0 Å². The zero-order valence-electron chi connectivity index (χ0n) is 7.05. The van der Waals surface area contributed by atoms with E-state index in [-0.39, 0.29) is 11.4 Å². The van der Waals surface area contributed by atoms with Crippen LogP contribution in [-0.4, -0.2) is 36.0 Å². The molecule has 0 radical (unpaired) electrons. The summed E-state index contributed by atoms with van der Waals surface area (Å²) in [5.41, 5.74) is -0.145. The fourth-order valence-corrected chi connectivity index (χ4v) is 2.05. The van der Waals surface area contributed by atoms with E-state index in [0.29, 0.717) is 6.04 Å². The summed E-state index contributed by atoms with van der Waals surface area (Å²) in [6.45, 7) is 3.11. The summed E-state index contributed by atoms with van der Waals surface area (Å²) in [7, 11) is 1.89. The molecule has 11 heavy (non-hydrogen) atoms. The standard InChI is InChI=1S/C8H14N2O/c1-6-5-8(3-4-9-8)7(11)10(6)2/h6,9H,3-5H2,1-2H3. The number of rotatable bonds is 0. The summed E-state index contributed by atoms with van der Waals surface area (Å²) in [6.07, 6.45) is 2.02. The predicted molar refractivity (Wildman–Crippen MR) is 42.2 cm³/mol. The third-order valence-corrected chi connectivity index (χ3v) is 3.05. The Balaban J connectivity index is 2.21.